The number of hydrogen-bond donors (Lipinski definition) is 2. The van der Waals surface area contributed by atoms with Crippen LogP contribution in [-0.4, -0.2) is 59.7 Å². The van der Waals surface area contributed by atoms with E-state index in [1.807, 2.05) is 25.2 Å². The van der Waals surface area contributed by atoms with Crippen LogP contribution in [0.5, 0.6) is 0 Å². The number of piperidine rings is 1. The van der Waals surface area contributed by atoms with E-state index in [0.717, 1.165) is 49.2 Å². The molecular formula is C21H28N4O3. The smallest absolute Gasteiger partial charge is 0.255 e. The van der Waals surface area contributed by atoms with Crippen LogP contribution in [0.2, 0.25) is 0 Å². The van der Waals surface area contributed by atoms with Gasteiger partial charge in [0.15, 0.2) is 0 Å². The fourth-order valence-corrected chi connectivity index (χ4v) is 4.67. The van der Waals surface area contributed by atoms with Crippen molar-refractivity contribution in [2.75, 3.05) is 20.1 Å². The van der Waals surface area contributed by atoms with Crippen LogP contribution in [-0.2, 0) is 22.7 Å². The largest absolute Gasteiger partial charge is 0.322 e. The summed E-state index contributed by atoms with van der Waals surface area (Å²) < 4.78 is 0. The number of rotatable bonds is 4. The predicted molar refractivity (Wildman–Crippen MR) is 104 cm³/mol. The van der Waals surface area contributed by atoms with Crippen LogP contribution in [0, 0.1) is 0 Å². The lowest BCUT2D eigenvalue weighted by Gasteiger charge is -2.29. The first kappa shape index (κ1) is 19.1. The molecule has 2 atom stereocenters. The van der Waals surface area contributed by atoms with E-state index < -0.39 is 6.04 Å². The third kappa shape index (κ3) is 3.69. The van der Waals surface area contributed by atoms with Crippen molar-refractivity contribution in [3.63, 3.8) is 0 Å². The van der Waals surface area contributed by atoms with Gasteiger partial charge in [0, 0.05) is 31.1 Å². The second-order valence-corrected chi connectivity index (χ2v) is 8.04. The van der Waals surface area contributed by atoms with Gasteiger partial charge in [-0.3, -0.25) is 24.6 Å². The van der Waals surface area contributed by atoms with Gasteiger partial charge in [0.05, 0.1) is 0 Å². The number of likely N-dealkylation sites (tertiary alicyclic amines) is 1. The summed E-state index contributed by atoms with van der Waals surface area (Å²) in [5.41, 5.74) is 2.77. The number of benzene rings is 1. The minimum atomic E-state index is -0.556. The molecule has 4 rings (SSSR count). The van der Waals surface area contributed by atoms with Crippen LogP contribution in [0.1, 0.15) is 53.6 Å². The minimum absolute atomic E-state index is 0.0805. The zero-order valence-corrected chi connectivity index (χ0v) is 16.4. The van der Waals surface area contributed by atoms with Crippen LogP contribution < -0.4 is 10.6 Å². The monoisotopic (exact) mass is 384 g/mol. The number of nitrogens with one attached hydrogen (secondary N) is 2. The van der Waals surface area contributed by atoms with Crippen molar-refractivity contribution in [3.8, 4) is 0 Å². The van der Waals surface area contributed by atoms with Crippen LogP contribution in [0.15, 0.2) is 18.2 Å². The number of fused-ring (bicyclic) bond motifs is 1. The molecule has 7 heteroatoms. The van der Waals surface area contributed by atoms with Gasteiger partial charge in [0.25, 0.3) is 5.91 Å². The first-order valence-corrected chi connectivity index (χ1v) is 10.2. The van der Waals surface area contributed by atoms with Gasteiger partial charge >= 0.3 is 0 Å². The van der Waals surface area contributed by atoms with Gasteiger partial charge in [-0.25, -0.2) is 0 Å². The number of carbonyl (C=O) groups excluding carboxylic acids is 3. The predicted octanol–water partition coefficient (Wildman–Crippen LogP) is 1.02. The molecule has 1 aromatic carbocycles. The molecule has 0 spiro atoms. The molecule has 3 aliphatic rings. The van der Waals surface area contributed by atoms with E-state index in [1.165, 1.54) is 6.42 Å². The van der Waals surface area contributed by atoms with E-state index in [-0.39, 0.29) is 24.1 Å². The van der Waals surface area contributed by atoms with Gasteiger partial charge in [0.2, 0.25) is 11.8 Å². The van der Waals surface area contributed by atoms with Gasteiger partial charge in [-0.05, 0) is 56.9 Å². The summed E-state index contributed by atoms with van der Waals surface area (Å²) in [5, 5.41) is 5.74. The zero-order valence-electron chi connectivity index (χ0n) is 16.4. The van der Waals surface area contributed by atoms with Crippen molar-refractivity contribution in [3.05, 3.63) is 34.9 Å². The van der Waals surface area contributed by atoms with Crippen molar-refractivity contribution in [1.82, 2.24) is 20.4 Å². The lowest BCUT2D eigenvalue weighted by molar-refractivity contribution is -0.136. The second kappa shape index (κ2) is 8.01. The molecule has 2 unspecified atom stereocenters. The standard InChI is InChI=1S/C21H28N4O3/c1-22-16-6-3-10-24(11-9-16)12-14-4-2-5-15-13-25(21(28)19(14)15)17-7-8-18(26)23-20(17)27/h2,4-5,16-17,22H,3,6-13H2,1H3,(H,23,26,27). The zero-order chi connectivity index (χ0) is 19.7. The van der Waals surface area contributed by atoms with Crippen molar-refractivity contribution in [2.45, 2.75) is 57.3 Å². The molecule has 3 amide bonds. The van der Waals surface area contributed by atoms with Gasteiger partial charge < -0.3 is 10.2 Å². The highest BCUT2D eigenvalue weighted by Crippen LogP contribution is 2.30. The highest BCUT2D eigenvalue weighted by Gasteiger charge is 2.40. The quantitative estimate of drug-likeness (QED) is 0.758. The Morgan fingerprint density at radius 1 is 1.14 bits per heavy atom. The summed E-state index contributed by atoms with van der Waals surface area (Å²) in [5.74, 6) is -0.695. The van der Waals surface area contributed by atoms with E-state index in [2.05, 4.69) is 15.5 Å². The average molecular weight is 384 g/mol. The second-order valence-electron chi connectivity index (χ2n) is 8.04. The highest BCUT2D eigenvalue weighted by atomic mass is 16.2. The molecule has 0 saturated carbocycles. The molecule has 0 aromatic heterocycles. The first-order chi connectivity index (χ1) is 13.6. The fraction of sp³-hybridized carbons (Fsp3) is 0.571. The summed E-state index contributed by atoms with van der Waals surface area (Å²) in [7, 11) is 2.02. The average Bonchev–Trinajstić information content (AvgIpc) is 2.86. The SMILES string of the molecule is CNC1CCCN(Cc2cccc3c2C(=O)N(C2CCC(=O)NC2=O)C3)CC1. The van der Waals surface area contributed by atoms with Gasteiger partial charge in [0.1, 0.15) is 6.04 Å². The normalized spacial score (nSPS) is 26.2. The van der Waals surface area contributed by atoms with Gasteiger partial charge in [-0.2, -0.15) is 0 Å². The van der Waals surface area contributed by atoms with E-state index >= 15 is 0 Å². The van der Waals surface area contributed by atoms with Gasteiger partial charge in [-0.1, -0.05) is 18.2 Å². The van der Waals surface area contributed by atoms with Crippen LogP contribution in [0.4, 0.5) is 0 Å². The summed E-state index contributed by atoms with van der Waals surface area (Å²) in [4.78, 5) is 40.9. The van der Waals surface area contributed by atoms with Gasteiger partial charge in [-0.15, -0.1) is 0 Å². The lowest BCUT2D eigenvalue weighted by atomic mass is 10.0. The lowest BCUT2D eigenvalue weighted by Crippen LogP contribution is -2.52. The molecule has 28 heavy (non-hydrogen) atoms. The Kier molecular flexibility index (Phi) is 5.46. The Morgan fingerprint density at radius 2 is 2.00 bits per heavy atom. The third-order valence-corrected chi connectivity index (χ3v) is 6.26. The van der Waals surface area contributed by atoms with E-state index in [9.17, 15) is 14.4 Å². The topological polar surface area (TPSA) is 81.8 Å². The molecule has 0 radical (unpaired) electrons. The Labute approximate surface area is 165 Å². The minimum Gasteiger partial charge on any atom is -0.322 e. The number of hydrogen-bond acceptors (Lipinski definition) is 5. The molecule has 0 bridgehead atoms. The van der Waals surface area contributed by atoms with E-state index in [1.54, 1.807) is 4.90 Å². The molecule has 150 valence electrons. The molecule has 7 nitrogen and oxygen atoms in total. The Hall–Kier alpha value is -2.25. The Bertz CT molecular complexity index is 794. The maximum Gasteiger partial charge on any atom is 0.255 e. The summed E-state index contributed by atoms with van der Waals surface area (Å²) in [6.45, 7) is 3.25. The molecule has 0 aliphatic carbocycles. The van der Waals surface area contributed by atoms with Crippen molar-refractivity contribution in [1.29, 1.82) is 0 Å². The van der Waals surface area contributed by atoms with Crippen LogP contribution >= 0.6 is 0 Å². The number of imide groups is 1. The molecule has 2 N–H and O–H groups in total. The summed E-state index contributed by atoms with van der Waals surface area (Å²) >= 11 is 0. The van der Waals surface area contributed by atoms with Crippen LogP contribution in [0.3, 0.4) is 0 Å². The van der Waals surface area contributed by atoms with E-state index in [0.29, 0.717) is 19.0 Å². The highest BCUT2D eigenvalue weighted by molar-refractivity contribution is 6.05. The molecule has 2 fully saturated rings. The molecule has 3 heterocycles. The maximum atomic E-state index is 13.2. The third-order valence-electron chi connectivity index (χ3n) is 6.26. The fourth-order valence-electron chi connectivity index (χ4n) is 4.67. The molecular weight excluding hydrogens is 356 g/mol. The Morgan fingerprint density at radius 3 is 2.79 bits per heavy atom. The maximum absolute atomic E-state index is 13.2. The van der Waals surface area contributed by atoms with Crippen molar-refractivity contribution < 1.29 is 14.4 Å². The molecule has 3 aliphatic heterocycles. The number of amides is 3. The molecule has 2 saturated heterocycles. The van der Waals surface area contributed by atoms with Crippen molar-refractivity contribution >= 4 is 17.7 Å². The first-order valence-electron chi connectivity index (χ1n) is 10.2. The summed E-state index contributed by atoms with van der Waals surface area (Å²) in [6.07, 6.45) is 4.13. The number of carbonyl (C=O) groups is 3. The van der Waals surface area contributed by atoms with E-state index in [4.69, 9.17) is 0 Å². The van der Waals surface area contributed by atoms with Crippen molar-refractivity contribution in [2.24, 2.45) is 0 Å². The number of nitrogens with zero attached hydrogens (tertiary/aromatic N) is 2. The Balaban J connectivity index is 1.50. The van der Waals surface area contributed by atoms with Crippen LogP contribution in [0.25, 0.3) is 0 Å². The molecule has 1 aromatic rings. The summed E-state index contributed by atoms with van der Waals surface area (Å²) in [6, 6.07) is 6.02.